The van der Waals surface area contributed by atoms with Gasteiger partial charge in [-0.2, -0.15) is 0 Å². The zero-order valence-corrected chi connectivity index (χ0v) is 15.2. The Kier molecular flexibility index (Phi) is 4.73. The number of halogens is 1. The van der Waals surface area contributed by atoms with Crippen LogP contribution in [0.1, 0.15) is 16.7 Å². The van der Waals surface area contributed by atoms with Gasteiger partial charge in [0.15, 0.2) is 0 Å². The second-order valence-corrected chi connectivity index (χ2v) is 6.60. The molecule has 5 nitrogen and oxygen atoms in total. The molecule has 0 atom stereocenters. The minimum atomic E-state index is 0.542. The van der Waals surface area contributed by atoms with Gasteiger partial charge in [-0.15, -0.1) is 0 Å². The fraction of sp³-hybridized carbons (Fsp3) is 0.0952. The molecular formula is C21H16ClN5. The van der Waals surface area contributed by atoms with Gasteiger partial charge >= 0.3 is 0 Å². The van der Waals surface area contributed by atoms with E-state index in [9.17, 15) is 0 Å². The van der Waals surface area contributed by atoms with Crippen molar-refractivity contribution >= 4 is 34.1 Å². The number of anilines is 1. The number of nitrogens with zero attached hydrogens (tertiary/aromatic N) is 3. The highest BCUT2D eigenvalue weighted by Gasteiger charge is 2.07. The molecule has 0 aliphatic carbocycles. The quantitative estimate of drug-likeness (QED) is 0.463. The summed E-state index contributed by atoms with van der Waals surface area (Å²) in [5.74, 6) is 0.801. The molecule has 6 heteroatoms. The Morgan fingerprint density at radius 3 is 2.74 bits per heavy atom. The van der Waals surface area contributed by atoms with E-state index in [-0.39, 0.29) is 0 Å². The maximum Gasteiger partial charge on any atom is 0.205 e. The average molecular weight is 374 g/mol. The fourth-order valence-corrected chi connectivity index (χ4v) is 3.14. The molecule has 3 heterocycles. The van der Waals surface area contributed by atoms with Crippen LogP contribution in [-0.4, -0.2) is 15.0 Å². The molecule has 0 fully saturated rings. The lowest BCUT2D eigenvalue weighted by molar-refractivity contribution is 1.09. The molecule has 0 aliphatic rings. The molecule has 0 saturated heterocycles. The minimum Gasteiger partial charge on any atom is -0.366 e. The van der Waals surface area contributed by atoms with E-state index in [2.05, 4.69) is 25.1 Å². The predicted octanol–water partition coefficient (Wildman–Crippen LogP) is 5.36. The first-order chi connectivity index (χ1) is 13.2. The summed E-state index contributed by atoms with van der Waals surface area (Å²) in [7, 11) is 0. The summed E-state index contributed by atoms with van der Waals surface area (Å²) in [5.41, 5.74) is 4.56. The van der Waals surface area contributed by atoms with Gasteiger partial charge in [0.2, 0.25) is 5.69 Å². The highest BCUT2D eigenvalue weighted by molar-refractivity contribution is 6.31. The van der Waals surface area contributed by atoms with E-state index >= 15 is 0 Å². The van der Waals surface area contributed by atoms with E-state index < -0.39 is 0 Å². The van der Waals surface area contributed by atoms with Crippen LogP contribution in [0.15, 0.2) is 61.1 Å². The highest BCUT2D eigenvalue weighted by Crippen LogP contribution is 2.24. The summed E-state index contributed by atoms with van der Waals surface area (Å²) in [6.07, 6.45) is 6.10. The average Bonchev–Trinajstić information content (AvgIpc) is 3.10. The third kappa shape index (κ3) is 3.76. The number of pyridine rings is 2. The smallest absolute Gasteiger partial charge is 0.205 e. The van der Waals surface area contributed by atoms with Gasteiger partial charge in [-0.1, -0.05) is 35.9 Å². The van der Waals surface area contributed by atoms with Crippen molar-refractivity contribution in [2.24, 2.45) is 0 Å². The molecule has 0 unspecified atom stereocenters. The summed E-state index contributed by atoms with van der Waals surface area (Å²) in [5, 5.41) is 5.01. The van der Waals surface area contributed by atoms with Crippen LogP contribution >= 0.6 is 11.6 Å². The molecule has 2 N–H and O–H groups in total. The lowest BCUT2D eigenvalue weighted by atomic mass is 10.1. The molecule has 4 rings (SSSR count). The maximum atomic E-state index is 7.15. The molecule has 4 aromatic rings. The topological polar surface area (TPSA) is 58.0 Å². The summed E-state index contributed by atoms with van der Waals surface area (Å²) < 4.78 is 0. The number of benzene rings is 1. The summed E-state index contributed by atoms with van der Waals surface area (Å²) in [4.78, 5) is 15.4. The normalized spacial score (nSPS) is 10.7. The number of nitrogens with one attached hydrogen (secondary N) is 2. The molecular weight excluding hydrogens is 358 g/mol. The number of hydrogen-bond donors (Lipinski definition) is 2. The van der Waals surface area contributed by atoms with Crippen molar-refractivity contribution in [3.05, 3.63) is 94.2 Å². The van der Waals surface area contributed by atoms with Crippen molar-refractivity contribution in [2.75, 3.05) is 5.32 Å². The monoisotopic (exact) mass is 373 g/mol. The van der Waals surface area contributed by atoms with Crippen LogP contribution in [0, 0.1) is 6.57 Å². The van der Waals surface area contributed by atoms with Gasteiger partial charge in [-0.05, 0) is 34.9 Å². The summed E-state index contributed by atoms with van der Waals surface area (Å²) >= 11 is 6.18. The standard InChI is InChI=1S/C21H16ClN5/c1-23-17-9-18-16(12-26-21(18)27-13-17)8-14-6-7-20(24-10-14)25-11-15-4-2-3-5-19(15)22/h2-7,9-10,12-13H,8,11H2,(H,24,25)(H,26,27). The Balaban J connectivity index is 1.47. The molecule has 3 aromatic heterocycles. The number of rotatable bonds is 5. The van der Waals surface area contributed by atoms with E-state index in [1.54, 1.807) is 6.20 Å². The first kappa shape index (κ1) is 17.1. The van der Waals surface area contributed by atoms with Crippen molar-refractivity contribution in [2.45, 2.75) is 13.0 Å². The molecule has 0 bridgehead atoms. The van der Waals surface area contributed by atoms with E-state index in [1.165, 1.54) is 0 Å². The molecule has 0 radical (unpaired) electrons. The van der Waals surface area contributed by atoms with Crippen molar-refractivity contribution in [3.8, 4) is 0 Å². The Labute approximate surface area is 161 Å². The minimum absolute atomic E-state index is 0.542. The van der Waals surface area contributed by atoms with Crippen molar-refractivity contribution in [3.63, 3.8) is 0 Å². The van der Waals surface area contributed by atoms with E-state index in [1.807, 2.05) is 54.9 Å². The number of fused-ring (bicyclic) bond motifs is 1. The zero-order chi connectivity index (χ0) is 18.6. The highest BCUT2D eigenvalue weighted by atomic mass is 35.5. The van der Waals surface area contributed by atoms with Crippen LogP contribution in [0.4, 0.5) is 11.5 Å². The molecule has 0 amide bonds. The predicted molar refractivity (Wildman–Crippen MR) is 108 cm³/mol. The van der Waals surface area contributed by atoms with Crippen LogP contribution < -0.4 is 5.32 Å². The molecule has 0 saturated carbocycles. The van der Waals surface area contributed by atoms with Gasteiger partial charge in [0.1, 0.15) is 11.5 Å². The Bertz CT molecular complexity index is 1130. The number of aromatic nitrogens is 3. The van der Waals surface area contributed by atoms with E-state index in [0.29, 0.717) is 12.2 Å². The lowest BCUT2D eigenvalue weighted by Crippen LogP contribution is -2.02. The van der Waals surface area contributed by atoms with Gasteiger partial charge in [0, 0.05) is 42.0 Å². The third-order valence-corrected chi connectivity index (χ3v) is 4.74. The van der Waals surface area contributed by atoms with E-state index in [0.717, 1.165) is 45.0 Å². The first-order valence-electron chi connectivity index (χ1n) is 8.48. The Morgan fingerprint density at radius 2 is 1.96 bits per heavy atom. The number of hydrogen-bond acceptors (Lipinski definition) is 3. The van der Waals surface area contributed by atoms with Crippen LogP contribution in [0.3, 0.4) is 0 Å². The van der Waals surface area contributed by atoms with Crippen molar-refractivity contribution in [1.82, 2.24) is 15.0 Å². The van der Waals surface area contributed by atoms with Crippen LogP contribution in [-0.2, 0) is 13.0 Å². The van der Waals surface area contributed by atoms with Crippen LogP contribution in [0.5, 0.6) is 0 Å². The second-order valence-electron chi connectivity index (χ2n) is 6.19. The molecule has 0 aliphatic heterocycles. The Morgan fingerprint density at radius 1 is 1.07 bits per heavy atom. The number of aromatic amines is 1. The summed E-state index contributed by atoms with van der Waals surface area (Å²) in [6, 6.07) is 13.6. The largest absolute Gasteiger partial charge is 0.366 e. The molecule has 132 valence electrons. The number of H-pyrrole nitrogens is 1. The van der Waals surface area contributed by atoms with Crippen molar-refractivity contribution in [1.29, 1.82) is 0 Å². The third-order valence-electron chi connectivity index (χ3n) is 4.37. The molecule has 27 heavy (non-hydrogen) atoms. The van der Waals surface area contributed by atoms with E-state index in [4.69, 9.17) is 18.2 Å². The van der Waals surface area contributed by atoms with Crippen molar-refractivity contribution < 1.29 is 0 Å². The van der Waals surface area contributed by atoms with Gasteiger partial charge in [0.25, 0.3) is 0 Å². The SMILES string of the molecule is [C-]#[N+]c1cnc2[nH]cc(Cc3ccc(NCc4ccccc4Cl)nc3)c2c1. The van der Waals surface area contributed by atoms with Gasteiger partial charge < -0.3 is 10.3 Å². The Hall–Kier alpha value is -3.36. The second kappa shape index (κ2) is 7.48. The fourth-order valence-electron chi connectivity index (χ4n) is 2.94. The first-order valence-corrected chi connectivity index (χ1v) is 8.86. The molecule has 0 spiro atoms. The van der Waals surface area contributed by atoms with Crippen LogP contribution in [0.25, 0.3) is 15.9 Å². The zero-order valence-electron chi connectivity index (χ0n) is 14.4. The lowest BCUT2D eigenvalue weighted by Gasteiger charge is -2.08. The van der Waals surface area contributed by atoms with Crippen LogP contribution in [0.2, 0.25) is 5.02 Å². The van der Waals surface area contributed by atoms with Gasteiger partial charge in [0.05, 0.1) is 6.57 Å². The van der Waals surface area contributed by atoms with Gasteiger partial charge in [-0.25, -0.2) is 9.83 Å². The summed E-state index contributed by atoms with van der Waals surface area (Å²) in [6.45, 7) is 7.78. The van der Waals surface area contributed by atoms with Gasteiger partial charge in [-0.3, -0.25) is 4.98 Å². The maximum absolute atomic E-state index is 7.15. The molecule has 1 aromatic carbocycles.